The van der Waals surface area contributed by atoms with Crippen LogP contribution in [0.5, 0.6) is 0 Å². The van der Waals surface area contributed by atoms with Crippen molar-refractivity contribution in [2.75, 3.05) is 39.3 Å². The summed E-state index contributed by atoms with van der Waals surface area (Å²) in [5.74, 6) is -1.84. The summed E-state index contributed by atoms with van der Waals surface area (Å²) in [6.45, 7) is 2.32. The molecule has 1 atom stereocenters. The molecule has 4 rings (SSSR count). The number of amides is 3. The first-order valence-corrected chi connectivity index (χ1v) is 11.7. The molecule has 1 saturated heterocycles. The van der Waals surface area contributed by atoms with E-state index in [1.165, 1.54) is 9.80 Å². The standard InChI is InChI=1S/C26H29N3O6/c1-17(12-23(30)28-10-11-29(15-25(32)33)24(31)14-28)13-27-26(34)35-16-22-20-8-4-2-6-18(20)19-7-3-5-9-21(19)22/h2-9,17,22H,10-16H2,1H3,(H,27,34)(H,32,33). The molecule has 1 heterocycles. The highest BCUT2D eigenvalue weighted by Gasteiger charge is 2.30. The molecule has 184 valence electrons. The van der Waals surface area contributed by atoms with Gasteiger partial charge in [0.05, 0.1) is 6.54 Å². The van der Waals surface area contributed by atoms with Crippen LogP contribution in [0.2, 0.25) is 0 Å². The van der Waals surface area contributed by atoms with Gasteiger partial charge >= 0.3 is 12.1 Å². The Morgan fingerprint density at radius 2 is 1.69 bits per heavy atom. The molecule has 0 radical (unpaired) electrons. The van der Waals surface area contributed by atoms with Crippen LogP contribution in [0.4, 0.5) is 4.79 Å². The summed E-state index contributed by atoms with van der Waals surface area (Å²) < 4.78 is 5.53. The van der Waals surface area contributed by atoms with Crippen molar-refractivity contribution in [1.29, 1.82) is 0 Å². The lowest BCUT2D eigenvalue weighted by atomic mass is 9.98. The molecule has 1 aliphatic carbocycles. The molecular weight excluding hydrogens is 450 g/mol. The molecule has 2 N–H and O–H groups in total. The predicted molar refractivity (Wildman–Crippen MR) is 128 cm³/mol. The Labute approximate surface area is 203 Å². The highest BCUT2D eigenvalue weighted by Crippen LogP contribution is 2.44. The van der Waals surface area contributed by atoms with Gasteiger partial charge in [-0.05, 0) is 28.2 Å². The average Bonchev–Trinajstić information content (AvgIpc) is 3.16. The molecule has 35 heavy (non-hydrogen) atoms. The molecular formula is C26H29N3O6. The van der Waals surface area contributed by atoms with Gasteiger partial charge in [-0.2, -0.15) is 0 Å². The molecule has 0 saturated carbocycles. The van der Waals surface area contributed by atoms with E-state index in [0.29, 0.717) is 6.54 Å². The normalized spacial score (nSPS) is 15.9. The summed E-state index contributed by atoms with van der Waals surface area (Å²) in [6, 6.07) is 16.2. The third-order valence-electron chi connectivity index (χ3n) is 6.46. The third-order valence-corrected chi connectivity index (χ3v) is 6.46. The number of nitrogens with one attached hydrogen (secondary N) is 1. The maximum absolute atomic E-state index is 12.6. The van der Waals surface area contributed by atoms with Crippen LogP contribution >= 0.6 is 0 Å². The van der Waals surface area contributed by atoms with E-state index in [4.69, 9.17) is 9.84 Å². The number of benzene rings is 2. The van der Waals surface area contributed by atoms with Gasteiger partial charge in [0, 0.05) is 32.0 Å². The van der Waals surface area contributed by atoms with Crippen LogP contribution in [0.1, 0.15) is 30.4 Å². The summed E-state index contributed by atoms with van der Waals surface area (Å²) >= 11 is 0. The monoisotopic (exact) mass is 479 g/mol. The van der Waals surface area contributed by atoms with E-state index in [-0.39, 0.29) is 62.9 Å². The van der Waals surface area contributed by atoms with Crippen molar-refractivity contribution in [3.05, 3.63) is 59.7 Å². The maximum atomic E-state index is 12.6. The Bertz CT molecular complexity index is 1090. The summed E-state index contributed by atoms with van der Waals surface area (Å²) in [5.41, 5.74) is 4.59. The molecule has 3 amide bonds. The number of nitrogens with zero attached hydrogens (tertiary/aromatic N) is 2. The van der Waals surface area contributed by atoms with E-state index in [9.17, 15) is 19.2 Å². The van der Waals surface area contributed by atoms with Gasteiger partial charge < -0.3 is 25.0 Å². The largest absolute Gasteiger partial charge is 0.480 e. The molecule has 1 aliphatic heterocycles. The van der Waals surface area contributed by atoms with Gasteiger partial charge in [-0.1, -0.05) is 55.5 Å². The Morgan fingerprint density at radius 1 is 1.06 bits per heavy atom. The minimum Gasteiger partial charge on any atom is -0.480 e. The van der Waals surface area contributed by atoms with E-state index in [1.807, 2.05) is 31.2 Å². The summed E-state index contributed by atoms with van der Waals surface area (Å²) in [7, 11) is 0. The van der Waals surface area contributed by atoms with Crippen LogP contribution in [0.15, 0.2) is 48.5 Å². The predicted octanol–water partition coefficient (Wildman–Crippen LogP) is 2.31. The quantitative estimate of drug-likeness (QED) is 0.600. The van der Waals surface area contributed by atoms with E-state index in [2.05, 4.69) is 29.6 Å². The maximum Gasteiger partial charge on any atom is 0.407 e. The Morgan fingerprint density at radius 3 is 2.29 bits per heavy atom. The molecule has 2 aromatic carbocycles. The number of carboxylic acids is 1. The Kier molecular flexibility index (Phi) is 7.33. The van der Waals surface area contributed by atoms with Gasteiger partial charge in [0.1, 0.15) is 13.2 Å². The average molecular weight is 480 g/mol. The van der Waals surface area contributed by atoms with Crippen molar-refractivity contribution in [2.24, 2.45) is 5.92 Å². The summed E-state index contributed by atoms with van der Waals surface area (Å²) in [6.07, 6.45) is -0.376. The smallest absolute Gasteiger partial charge is 0.407 e. The van der Waals surface area contributed by atoms with Gasteiger partial charge in [-0.3, -0.25) is 14.4 Å². The number of fused-ring (bicyclic) bond motifs is 3. The van der Waals surface area contributed by atoms with Gasteiger partial charge in [0.2, 0.25) is 11.8 Å². The second kappa shape index (κ2) is 10.6. The SMILES string of the molecule is CC(CNC(=O)OCC1c2ccccc2-c2ccccc21)CC(=O)N1CCN(CC(=O)O)C(=O)C1. The molecule has 2 aromatic rings. The number of hydrogen-bond donors (Lipinski definition) is 2. The molecule has 1 fully saturated rings. The lowest BCUT2D eigenvalue weighted by Crippen LogP contribution is -2.53. The van der Waals surface area contributed by atoms with Gasteiger partial charge in [0.25, 0.3) is 0 Å². The van der Waals surface area contributed by atoms with E-state index < -0.39 is 12.1 Å². The molecule has 2 aliphatic rings. The van der Waals surface area contributed by atoms with Gasteiger partial charge in [0.15, 0.2) is 0 Å². The van der Waals surface area contributed by atoms with Crippen molar-refractivity contribution in [3.8, 4) is 11.1 Å². The molecule has 9 nitrogen and oxygen atoms in total. The van der Waals surface area contributed by atoms with Crippen molar-refractivity contribution >= 4 is 23.9 Å². The fourth-order valence-corrected chi connectivity index (χ4v) is 4.66. The number of carboxylic acid groups (broad SMARTS) is 1. The van der Waals surface area contributed by atoms with Crippen molar-refractivity contribution in [1.82, 2.24) is 15.1 Å². The second-order valence-corrected chi connectivity index (χ2v) is 9.04. The van der Waals surface area contributed by atoms with E-state index >= 15 is 0 Å². The van der Waals surface area contributed by atoms with Gasteiger partial charge in [-0.15, -0.1) is 0 Å². The number of piperazine rings is 1. The van der Waals surface area contributed by atoms with E-state index in [1.54, 1.807) is 0 Å². The topological polar surface area (TPSA) is 116 Å². The molecule has 0 spiro atoms. The lowest BCUT2D eigenvalue weighted by Gasteiger charge is -2.34. The number of carbonyl (C=O) groups excluding carboxylic acids is 3. The minimum atomic E-state index is -1.08. The Balaban J connectivity index is 1.22. The minimum absolute atomic E-state index is 0.0236. The van der Waals surface area contributed by atoms with Crippen molar-refractivity contribution < 1.29 is 29.0 Å². The molecule has 0 aromatic heterocycles. The Hall–Kier alpha value is -3.88. The lowest BCUT2D eigenvalue weighted by molar-refractivity contribution is -0.150. The van der Waals surface area contributed by atoms with Crippen LogP contribution < -0.4 is 5.32 Å². The third kappa shape index (κ3) is 5.62. The van der Waals surface area contributed by atoms with Crippen LogP contribution in [0.3, 0.4) is 0 Å². The highest BCUT2D eigenvalue weighted by molar-refractivity contribution is 5.88. The number of ether oxygens (including phenoxy) is 1. The fraction of sp³-hybridized carbons (Fsp3) is 0.385. The fourth-order valence-electron chi connectivity index (χ4n) is 4.66. The van der Waals surface area contributed by atoms with Crippen LogP contribution in [-0.2, 0) is 19.1 Å². The zero-order valence-corrected chi connectivity index (χ0v) is 19.6. The van der Waals surface area contributed by atoms with Gasteiger partial charge in [-0.25, -0.2) is 4.79 Å². The number of hydrogen-bond acceptors (Lipinski definition) is 5. The van der Waals surface area contributed by atoms with Crippen LogP contribution in [0, 0.1) is 5.92 Å². The number of alkyl carbamates (subject to hydrolysis) is 1. The first kappa shape index (κ1) is 24.3. The van der Waals surface area contributed by atoms with Crippen molar-refractivity contribution in [3.63, 3.8) is 0 Å². The molecule has 0 bridgehead atoms. The van der Waals surface area contributed by atoms with Crippen LogP contribution in [-0.4, -0.2) is 78.1 Å². The van der Waals surface area contributed by atoms with Crippen LogP contribution in [0.25, 0.3) is 11.1 Å². The zero-order chi connectivity index (χ0) is 24.9. The second-order valence-electron chi connectivity index (χ2n) is 9.04. The molecule has 1 unspecified atom stereocenters. The number of rotatable bonds is 8. The van der Waals surface area contributed by atoms with E-state index in [0.717, 1.165) is 22.3 Å². The zero-order valence-electron chi connectivity index (χ0n) is 19.6. The number of carbonyl (C=O) groups is 4. The number of aliphatic carboxylic acids is 1. The highest BCUT2D eigenvalue weighted by atomic mass is 16.5. The first-order valence-electron chi connectivity index (χ1n) is 11.7. The first-order chi connectivity index (χ1) is 16.8. The van der Waals surface area contributed by atoms with Crippen molar-refractivity contribution in [2.45, 2.75) is 19.3 Å². The summed E-state index contributed by atoms with van der Waals surface area (Å²) in [4.78, 5) is 50.5. The summed E-state index contributed by atoms with van der Waals surface area (Å²) in [5, 5.41) is 11.6. The molecule has 9 heteroatoms.